The van der Waals surface area contributed by atoms with Crippen LogP contribution in [0.4, 0.5) is 5.69 Å². The number of carbonyl (C=O) groups excluding carboxylic acids is 1. The van der Waals surface area contributed by atoms with Crippen LogP contribution in [0, 0.1) is 6.92 Å². The Morgan fingerprint density at radius 3 is 2.23 bits per heavy atom. The molecule has 1 aromatic rings. The van der Waals surface area contributed by atoms with Crippen LogP contribution in [-0.4, -0.2) is 58.7 Å². The van der Waals surface area contributed by atoms with Crippen LogP contribution >= 0.6 is 0 Å². The van der Waals surface area contributed by atoms with Crippen molar-refractivity contribution in [2.75, 3.05) is 37.7 Å². The molecule has 1 atom stereocenters. The smallest absolute Gasteiger partial charge is 0.243 e. The number of hydrogen-bond acceptors (Lipinski definition) is 4. The number of rotatable bonds is 7. The minimum Gasteiger partial charge on any atom is -0.353 e. The lowest BCUT2D eigenvalue weighted by molar-refractivity contribution is -0.121. The lowest BCUT2D eigenvalue weighted by Gasteiger charge is -2.28. The second-order valence-corrected chi connectivity index (χ2v) is 7.52. The van der Waals surface area contributed by atoms with E-state index in [1.165, 1.54) is 0 Å². The van der Waals surface area contributed by atoms with E-state index in [0.717, 1.165) is 16.1 Å². The summed E-state index contributed by atoms with van der Waals surface area (Å²) in [4.78, 5) is 14.2. The molecule has 0 bridgehead atoms. The van der Waals surface area contributed by atoms with Crippen molar-refractivity contribution in [1.82, 2.24) is 10.2 Å². The van der Waals surface area contributed by atoms with E-state index >= 15 is 0 Å². The van der Waals surface area contributed by atoms with Gasteiger partial charge in [-0.25, -0.2) is 8.42 Å². The minimum atomic E-state index is -3.55. The summed E-state index contributed by atoms with van der Waals surface area (Å²) < 4.78 is 25.3. The van der Waals surface area contributed by atoms with Crippen molar-refractivity contribution in [2.45, 2.75) is 19.9 Å². The van der Waals surface area contributed by atoms with Gasteiger partial charge in [0.15, 0.2) is 0 Å². The van der Waals surface area contributed by atoms with Gasteiger partial charge in [-0.05, 0) is 40.1 Å². The lowest BCUT2D eigenvalue weighted by Crippen LogP contribution is -2.48. The van der Waals surface area contributed by atoms with Crippen molar-refractivity contribution >= 4 is 21.6 Å². The third-order valence-corrected chi connectivity index (χ3v) is 4.48. The molecule has 0 aromatic heterocycles. The standard InChI is InChI=1S/C15H25N3O3S/c1-12-6-8-14(9-7-12)18(22(5,20)21)13(2)15(19)16-10-11-17(3)4/h6-9,13H,10-11H2,1-5H3,(H,16,19)/t13-/m1/s1. The number of nitrogens with zero attached hydrogens (tertiary/aromatic N) is 2. The van der Waals surface area contributed by atoms with E-state index in [4.69, 9.17) is 0 Å². The van der Waals surface area contributed by atoms with Gasteiger partial charge in [0.25, 0.3) is 0 Å². The molecule has 6 nitrogen and oxygen atoms in total. The van der Waals surface area contributed by atoms with Gasteiger partial charge in [0, 0.05) is 13.1 Å². The lowest BCUT2D eigenvalue weighted by atomic mass is 10.2. The van der Waals surface area contributed by atoms with Gasteiger partial charge in [-0.2, -0.15) is 0 Å². The van der Waals surface area contributed by atoms with Gasteiger partial charge < -0.3 is 10.2 Å². The molecule has 0 fully saturated rings. The van der Waals surface area contributed by atoms with Crippen LogP contribution in [-0.2, 0) is 14.8 Å². The molecule has 7 heteroatoms. The summed E-state index contributed by atoms with van der Waals surface area (Å²) in [6.45, 7) is 4.68. The Morgan fingerprint density at radius 1 is 1.23 bits per heavy atom. The van der Waals surface area contributed by atoms with E-state index in [1.54, 1.807) is 19.1 Å². The first kappa shape index (κ1) is 18.4. The SMILES string of the molecule is Cc1ccc(N([C@H](C)C(=O)NCCN(C)C)S(C)(=O)=O)cc1. The molecule has 0 spiro atoms. The van der Waals surface area contributed by atoms with E-state index in [9.17, 15) is 13.2 Å². The molecule has 1 N–H and O–H groups in total. The van der Waals surface area contributed by atoms with Gasteiger partial charge in [-0.1, -0.05) is 17.7 Å². The summed E-state index contributed by atoms with van der Waals surface area (Å²) in [6, 6.07) is 6.26. The van der Waals surface area contributed by atoms with Crippen LogP contribution in [0.1, 0.15) is 12.5 Å². The van der Waals surface area contributed by atoms with Crippen molar-refractivity contribution < 1.29 is 13.2 Å². The topological polar surface area (TPSA) is 69.7 Å². The van der Waals surface area contributed by atoms with Crippen LogP contribution in [0.5, 0.6) is 0 Å². The Balaban J connectivity index is 2.93. The van der Waals surface area contributed by atoms with E-state index in [1.807, 2.05) is 38.1 Å². The Hall–Kier alpha value is -1.60. The number of carbonyl (C=O) groups is 1. The van der Waals surface area contributed by atoms with Crippen molar-refractivity contribution in [2.24, 2.45) is 0 Å². The second-order valence-electron chi connectivity index (χ2n) is 5.66. The zero-order valence-corrected chi connectivity index (χ0v) is 14.6. The molecule has 0 aliphatic rings. The first-order valence-corrected chi connectivity index (χ1v) is 8.96. The van der Waals surface area contributed by atoms with Crippen molar-refractivity contribution in [3.63, 3.8) is 0 Å². The van der Waals surface area contributed by atoms with Gasteiger partial charge in [-0.3, -0.25) is 9.10 Å². The largest absolute Gasteiger partial charge is 0.353 e. The van der Waals surface area contributed by atoms with Gasteiger partial charge in [0.05, 0.1) is 11.9 Å². The Labute approximate surface area is 133 Å². The third kappa shape index (κ3) is 5.31. The number of sulfonamides is 1. The summed E-state index contributed by atoms with van der Waals surface area (Å²) in [6.07, 6.45) is 1.11. The maximum Gasteiger partial charge on any atom is 0.243 e. The number of nitrogens with one attached hydrogen (secondary N) is 1. The fourth-order valence-corrected chi connectivity index (χ4v) is 3.23. The summed E-state index contributed by atoms with van der Waals surface area (Å²) >= 11 is 0. The van der Waals surface area contributed by atoms with E-state index in [0.29, 0.717) is 18.8 Å². The molecule has 0 aliphatic heterocycles. The summed E-state index contributed by atoms with van der Waals surface area (Å²) in [5, 5.41) is 2.76. The zero-order chi connectivity index (χ0) is 16.9. The number of amides is 1. The average molecular weight is 327 g/mol. The summed E-state index contributed by atoms with van der Waals surface area (Å²) in [7, 11) is 0.261. The highest BCUT2D eigenvalue weighted by atomic mass is 32.2. The molecule has 0 saturated heterocycles. The molecule has 0 radical (unpaired) electrons. The van der Waals surface area contributed by atoms with E-state index in [2.05, 4.69) is 5.32 Å². The quantitative estimate of drug-likeness (QED) is 0.805. The molecule has 1 amide bonds. The molecule has 22 heavy (non-hydrogen) atoms. The fourth-order valence-electron chi connectivity index (χ4n) is 2.05. The zero-order valence-electron chi connectivity index (χ0n) is 13.8. The average Bonchev–Trinajstić information content (AvgIpc) is 2.39. The second kappa shape index (κ2) is 7.60. The predicted octanol–water partition coefficient (Wildman–Crippen LogP) is 0.827. The molecule has 124 valence electrons. The van der Waals surface area contributed by atoms with Gasteiger partial charge in [0.1, 0.15) is 6.04 Å². The first-order chi connectivity index (χ1) is 10.1. The molecule has 1 rings (SSSR count). The Morgan fingerprint density at radius 2 is 1.77 bits per heavy atom. The highest BCUT2D eigenvalue weighted by molar-refractivity contribution is 7.92. The van der Waals surface area contributed by atoms with Crippen LogP contribution in [0.3, 0.4) is 0 Å². The maximum atomic E-state index is 12.2. The normalized spacial score (nSPS) is 13.0. The molecule has 0 saturated carbocycles. The molecule has 0 aliphatic carbocycles. The molecule has 0 heterocycles. The van der Waals surface area contributed by atoms with Crippen molar-refractivity contribution in [1.29, 1.82) is 0 Å². The number of likely N-dealkylation sites (N-methyl/N-ethyl adjacent to an activating group) is 1. The fraction of sp³-hybridized carbons (Fsp3) is 0.533. The van der Waals surface area contributed by atoms with Crippen LogP contribution < -0.4 is 9.62 Å². The monoisotopic (exact) mass is 327 g/mol. The van der Waals surface area contributed by atoms with Crippen molar-refractivity contribution in [3.8, 4) is 0 Å². The van der Waals surface area contributed by atoms with E-state index in [-0.39, 0.29) is 5.91 Å². The Kier molecular flexibility index (Phi) is 6.37. The van der Waals surface area contributed by atoms with Gasteiger partial charge >= 0.3 is 0 Å². The molecular formula is C15H25N3O3S. The number of hydrogen-bond donors (Lipinski definition) is 1. The van der Waals surface area contributed by atoms with Crippen LogP contribution in [0.2, 0.25) is 0 Å². The van der Waals surface area contributed by atoms with Crippen LogP contribution in [0.15, 0.2) is 24.3 Å². The molecule has 1 aromatic carbocycles. The van der Waals surface area contributed by atoms with E-state index < -0.39 is 16.1 Å². The first-order valence-electron chi connectivity index (χ1n) is 7.11. The third-order valence-electron chi connectivity index (χ3n) is 3.24. The minimum absolute atomic E-state index is 0.312. The maximum absolute atomic E-state index is 12.2. The Bertz CT molecular complexity index is 597. The summed E-state index contributed by atoms with van der Waals surface area (Å²) in [5.74, 6) is -0.312. The highest BCUT2D eigenvalue weighted by Gasteiger charge is 2.28. The number of benzene rings is 1. The predicted molar refractivity (Wildman–Crippen MR) is 89.5 cm³/mol. The molecule has 0 unspecified atom stereocenters. The molecular weight excluding hydrogens is 302 g/mol. The van der Waals surface area contributed by atoms with Gasteiger partial charge in [-0.15, -0.1) is 0 Å². The summed E-state index contributed by atoms with van der Waals surface area (Å²) in [5.41, 5.74) is 1.52. The van der Waals surface area contributed by atoms with Gasteiger partial charge in [0.2, 0.25) is 15.9 Å². The number of anilines is 1. The van der Waals surface area contributed by atoms with Crippen LogP contribution in [0.25, 0.3) is 0 Å². The van der Waals surface area contributed by atoms with Crippen molar-refractivity contribution in [3.05, 3.63) is 29.8 Å². The number of aryl methyl sites for hydroxylation is 1. The highest BCUT2D eigenvalue weighted by Crippen LogP contribution is 2.21.